The molecule has 0 radical (unpaired) electrons. The van der Waals surface area contributed by atoms with Gasteiger partial charge in [-0.3, -0.25) is 10.1 Å². The number of amides is 1. The highest BCUT2D eigenvalue weighted by Gasteiger charge is 2.28. The highest BCUT2D eigenvalue weighted by Crippen LogP contribution is 2.42. The van der Waals surface area contributed by atoms with E-state index >= 15 is 0 Å². The Morgan fingerprint density at radius 2 is 1.67 bits per heavy atom. The molecule has 2 aromatic carbocycles. The SMILES string of the molecule is CCOc1cc(-c2nnc(NC(=O)C3COc4ccccc4O3)o2)cc(OCC)c1OCC. The minimum atomic E-state index is -0.852. The van der Waals surface area contributed by atoms with Crippen LogP contribution in [0.3, 0.4) is 0 Å². The molecule has 1 unspecified atom stereocenters. The summed E-state index contributed by atoms with van der Waals surface area (Å²) in [5, 5.41) is 10.5. The summed E-state index contributed by atoms with van der Waals surface area (Å²) in [5.41, 5.74) is 0.560. The second-order valence-electron chi connectivity index (χ2n) is 6.87. The van der Waals surface area contributed by atoms with Gasteiger partial charge in [0.1, 0.15) is 6.61 Å². The molecule has 3 aromatic rings. The molecular formula is C23H25N3O7. The van der Waals surface area contributed by atoms with Crippen molar-refractivity contribution in [1.29, 1.82) is 0 Å². The average Bonchev–Trinajstić information content (AvgIpc) is 3.29. The van der Waals surface area contributed by atoms with Crippen LogP contribution in [-0.4, -0.2) is 48.6 Å². The van der Waals surface area contributed by atoms with E-state index in [0.29, 0.717) is 54.1 Å². The maximum atomic E-state index is 12.6. The van der Waals surface area contributed by atoms with Gasteiger partial charge in [0, 0.05) is 5.56 Å². The average molecular weight is 455 g/mol. The van der Waals surface area contributed by atoms with Crippen LogP contribution in [0, 0.1) is 0 Å². The van der Waals surface area contributed by atoms with Crippen molar-refractivity contribution in [3.05, 3.63) is 36.4 Å². The smallest absolute Gasteiger partial charge is 0.322 e. The lowest BCUT2D eigenvalue weighted by Crippen LogP contribution is -2.40. The third-order valence-corrected chi connectivity index (χ3v) is 4.61. The molecule has 0 bridgehead atoms. The van der Waals surface area contributed by atoms with Crippen molar-refractivity contribution in [2.24, 2.45) is 0 Å². The van der Waals surface area contributed by atoms with Gasteiger partial charge in [0.25, 0.3) is 5.91 Å². The molecule has 174 valence electrons. The number of rotatable bonds is 9. The summed E-state index contributed by atoms with van der Waals surface area (Å²) in [6.07, 6.45) is -0.852. The number of hydrogen-bond acceptors (Lipinski definition) is 9. The van der Waals surface area contributed by atoms with Crippen molar-refractivity contribution in [3.63, 3.8) is 0 Å². The topological polar surface area (TPSA) is 114 Å². The molecule has 0 aliphatic carbocycles. The van der Waals surface area contributed by atoms with Crippen LogP contribution in [0.25, 0.3) is 11.5 Å². The number of hydrogen-bond donors (Lipinski definition) is 1. The van der Waals surface area contributed by atoms with E-state index in [0.717, 1.165) is 0 Å². The molecule has 0 saturated heterocycles. The molecular weight excluding hydrogens is 430 g/mol. The van der Waals surface area contributed by atoms with E-state index in [4.69, 9.17) is 28.1 Å². The van der Waals surface area contributed by atoms with Crippen LogP contribution in [0.4, 0.5) is 6.01 Å². The molecule has 10 heteroatoms. The largest absolute Gasteiger partial charge is 0.490 e. The third-order valence-electron chi connectivity index (χ3n) is 4.61. The van der Waals surface area contributed by atoms with Gasteiger partial charge in [-0.1, -0.05) is 17.2 Å². The van der Waals surface area contributed by atoms with Crippen molar-refractivity contribution in [2.45, 2.75) is 26.9 Å². The van der Waals surface area contributed by atoms with Crippen molar-refractivity contribution < 1.29 is 32.9 Å². The summed E-state index contributed by atoms with van der Waals surface area (Å²) in [7, 11) is 0. The minimum Gasteiger partial charge on any atom is -0.490 e. The number of carbonyl (C=O) groups excluding carboxylic acids is 1. The Morgan fingerprint density at radius 3 is 2.33 bits per heavy atom. The number of ether oxygens (including phenoxy) is 5. The van der Waals surface area contributed by atoms with E-state index in [-0.39, 0.29) is 18.5 Å². The third kappa shape index (κ3) is 4.94. The van der Waals surface area contributed by atoms with Crippen LogP contribution in [-0.2, 0) is 4.79 Å². The van der Waals surface area contributed by atoms with Crippen LogP contribution in [0.5, 0.6) is 28.7 Å². The van der Waals surface area contributed by atoms with Crippen LogP contribution in [0.2, 0.25) is 0 Å². The monoisotopic (exact) mass is 455 g/mol. The Hall–Kier alpha value is -3.95. The minimum absolute atomic E-state index is 0.0673. The number of anilines is 1. The summed E-state index contributed by atoms with van der Waals surface area (Å²) in [6, 6.07) is 10.5. The molecule has 0 spiro atoms. The lowest BCUT2D eigenvalue weighted by molar-refractivity contribution is -0.125. The molecule has 0 fully saturated rings. The molecule has 1 atom stereocenters. The lowest BCUT2D eigenvalue weighted by atomic mass is 10.2. The maximum absolute atomic E-state index is 12.6. The van der Waals surface area contributed by atoms with E-state index in [1.54, 1.807) is 30.3 Å². The summed E-state index contributed by atoms with van der Waals surface area (Å²) < 4.78 is 34.1. The summed E-state index contributed by atoms with van der Waals surface area (Å²) in [5.74, 6) is 2.31. The summed E-state index contributed by atoms with van der Waals surface area (Å²) >= 11 is 0. The second-order valence-corrected chi connectivity index (χ2v) is 6.87. The van der Waals surface area contributed by atoms with Gasteiger partial charge in [0.2, 0.25) is 17.7 Å². The van der Waals surface area contributed by atoms with E-state index in [1.807, 2.05) is 26.8 Å². The van der Waals surface area contributed by atoms with Crippen LogP contribution in [0.15, 0.2) is 40.8 Å². The molecule has 1 aliphatic heterocycles. The lowest BCUT2D eigenvalue weighted by Gasteiger charge is -2.24. The zero-order valence-electron chi connectivity index (χ0n) is 18.6. The van der Waals surface area contributed by atoms with Crippen LogP contribution < -0.4 is 29.0 Å². The molecule has 1 aliphatic rings. The molecule has 0 saturated carbocycles. The highest BCUT2D eigenvalue weighted by atomic mass is 16.6. The Labute approximate surface area is 190 Å². The first kappa shape index (κ1) is 22.3. The van der Waals surface area contributed by atoms with Gasteiger partial charge >= 0.3 is 6.01 Å². The predicted octanol–water partition coefficient (Wildman–Crippen LogP) is 3.71. The van der Waals surface area contributed by atoms with Crippen molar-refractivity contribution in [3.8, 4) is 40.2 Å². The highest BCUT2D eigenvalue weighted by molar-refractivity contribution is 5.93. The maximum Gasteiger partial charge on any atom is 0.322 e. The zero-order valence-corrected chi connectivity index (χ0v) is 18.6. The van der Waals surface area contributed by atoms with E-state index in [1.165, 1.54) is 0 Å². The molecule has 33 heavy (non-hydrogen) atoms. The van der Waals surface area contributed by atoms with Crippen molar-refractivity contribution in [2.75, 3.05) is 31.7 Å². The molecule has 4 rings (SSSR count). The summed E-state index contributed by atoms with van der Waals surface area (Å²) in [6.45, 7) is 7.02. The van der Waals surface area contributed by atoms with Crippen molar-refractivity contribution >= 4 is 11.9 Å². The van der Waals surface area contributed by atoms with Crippen molar-refractivity contribution in [1.82, 2.24) is 10.2 Å². The number of benzene rings is 2. The molecule has 1 aromatic heterocycles. The quantitative estimate of drug-likeness (QED) is 0.516. The number of para-hydroxylation sites is 2. The van der Waals surface area contributed by atoms with Gasteiger partial charge in [0.05, 0.1) is 19.8 Å². The fourth-order valence-electron chi connectivity index (χ4n) is 3.24. The first-order valence-corrected chi connectivity index (χ1v) is 10.7. The Bertz CT molecular complexity index is 1090. The van der Waals surface area contributed by atoms with Crippen LogP contribution in [0.1, 0.15) is 20.8 Å². The number of nitrogens with one attached hydrogen (secondary N) is 1. The Morgan fingerprint density at radius 1 is 1.00 bits per heavy atom. The number of aromatic nitrogens is 2. The Balaban J connectivity index is 1.52. The van der Waals surface area contributed by atoms with Gasteiger partial charge in [-0.15, -0.1) is 5.10 Å². The van der Waals surface area contributed by atoms with Gasteiger partial charge < -0.3 is 28.1 Å². The van der Waals surface area contributed by atoms with E-state index in [9.17, 15) is 4.79 Å². The van der Waals surface area contributed by atoms with E-state index < -0.39 is 12.0 Å². The fraction of sp³-hybridized carbons (Fsp3) is 0.348. The Kier molecular flexibility index (Phi) is 6.82. The van der Waals surface area contributed by atoms with Gasteiger partial charge in [-0.05, 0) is 45.0 Å². The fourth-order valence-corrected chi connectivity index (χ4v) is 3.24. The molecule has 1 N–H and O–H groups in total. The number of nitrogens with zero attached hydrogens (tertiary/aromatic N) is 2. The van der Waals surface area contributed by atoms with Gasteiger partial charge in [0.15, 0.2) is 23.0 Å². The van der Waals surface area contributed by atoms with E-state index in [2.05, 4.69) is 15.5 Å². The molecule has 1 amide bonds. The normalized spacial score (nSPS) is 14.5. The van der Waals surface area contributed by atoms with Gasteiger partial charge in [-0.2, -0.15) is 0 Å². The van der Waals surface area contributed by atoms with Gasteiger partial charge in [-0.25, -0.2) is 0 Å². The number of carbonyl (C=O) groups is 1. The number of fused-ring (bicyclic) bond motifs is 1. The van der Waals surface area contributed by atoms with Crippen LogP contribution >= 0.6 is 0 Å². The summed E-state index contributed by atoms with van der Waals surface area (Å²) in [4.78, 5) is 12.6. The second kappa shape index (κ2) is 10.1. The molecule has 10 nitrogen and oxygen atoms in total. The first-order chi connectivity index (χ1) is 16.1. The standard InChI is InChI=1S/C23H25N3O7/c1-4-28-17-11-14(12-18(29-5-2)20(17)30-6-3)22-25-26-23(33-22)24-21(27)19-13-31-15-9-7-8-10-16(15)32-19/h7-12,19H,4-6,13H2,1-3H3,(H,24,26,27). The predicted molar refractivity (Wildman–Crippen MR) is 118 cm³/mol. The zero-order chi connectivity index (χ0) is 23.2. The molecule has 2 heterocycles. The first-order valence-electron chi connectivity index (χ1n) is 10.7.